The van der Waals surface area contributed by atoms with Crippen LogP contribution >= 0.6 is 0 Å². The molecule has 3 aromatic rings. The van der Waals surface area contributed by atoms with Crippen LogP contribution in [0.3, 0.4) is 0 Å². The maximum Gasteiger partial charge on any atom is 0.259 e. The number of benzene rings is 2. The molecule has 0 aliphatic rings. The van der Waals surface area contributed by atoms with Gasteiger partial charge in [0, 0.05) is 0 Å². The molecule has 0 radical (unpaired) electrons. The lowest BCUT2D eigenvalue weighted by Crippen LogP contribution is -2.24. The molecule has 0 aliphatic heterocycles. The predicted octanol–water partition coefficient (Wildman–Crippen LogP) is 3.48. The van der Waals surface area contributed by atoms with E-state index in [0.717, 1.165) is 5.56 Å². The molecule has 0 unspecified atom stereocenters. The number of aromatic hydroxyl groups is 1. The van der Waals surface area contributed by atoms with Crippen molar-refractivity contribution in [2.75, 3.05) is 5.32 Å². The zero-order chi connectivity index (χ0) is 18.5. The third-order valence-electron chi connectivity index (χ3n) is 3.82. The fourth-order valence-corrected chi connectivity index (χ4v) is 2.49. The number of phenols is 1. The molecule has 1 heterocycles. The van der Waals surface area contributed by atoms with Gasteiger partial charge in [-0.3, -0.25) is 9.59 Å². The maximum atomic E-state index is 12.5. The van der Waals surface area contributed by atoms with Gasteiger partial charge in [-0.25, -0.2) is 0 Å². The number of carbonyl (C=O) groups is 2. The summed E-state index contributed by atoms with van der Waals surface area (Å²) in [5, 5.41) is 15.3. The van der Waals surface area contributed by atoms with Crippen LogP contribution in [0.1, 0.15) is 32.0 Å². The Bertz CT molecular complexity index is 933. The predicted molar refractivity (Wildman–Crippen MR) is 97.1 cm³/mol. The van der Waals surface area contributed by atoms with Gasteiger partial charge in [-0.15, -0.1) is 0 Å². The second-order valence-corrected chi connectivity index (χ2v) is 5.78. The molecular weight excluding hydrogens is 332 g/mol. The van der Waals surface area contributed by atoms with E-state index in [0.29, 0.717) is 17.0 Å². The van der Waals surface area contributed by atoms with Gasteiger partial charge in [-0.2, -0.15) is 0 Å². The van der Waals surface area contributed by atoms with Crippen molar-refractivity contribution in [2.24, 2.45) is 0 Å². The van der Waals surface area contributed by atoms with E-state index in [2.05, 4.69) is 10.6 Å². The first-order valence-corrected chi connectivity index (χ1v) is 8.05. The first-order chi connectivity index (χ1) is 12.5. The van der Waals surface area contributed by atoms with Crippen molar-refractivity contribution >= 4 is 17.5 Å². The van der Waals surface area contributed by atoms with Crippen molar-refractivity contribution in [3.8, 4) is 5.75 Å². The van der Waals surface area contributed by atoms with Crippen molar-refractivity contribution in [1.82, 2.24) is 5.32 Å². The number of rotatable bonds is 5. The van der Waals surface area contributed by atoms with Crippen LogP contribution in [-0.2, 0) is 6.54 Å². The van der Waals surface area contributed by atoms with Crippen LogP contribution in [0.5, 0.6) is 5.75 Å². The highest BCUT2D eigenvalue weighted by molar-refractivity contribution is 6.10. The SMILES string of the molecule is Cc1ccc(O)c(C(=O)Nc2ccccc2C(=O)NCc2ccco2)c1. The van der Waals surface area contributed by atoms with Gasteiger partial charge in [0.1, 0.15) is 11.5 Å². The molecule has 0 fully saturated rings. The molecule has 0 saturated carbocycles. The van der Waals surface area contributed by atoms with Gasteiger partial charge in [0.05, 0.1) is 29.6 Å². The molecule has 0 atom stereocenters. The second kappa shape index (κ2) is 7.57. The molecule has 132 valence electrons. The Morgan fingerprint density at radius 3 is 2.58 bits per heavy atom. The minimum absolute atomic E-state index is 0.118. The van der Waals surface area contributed by atoms with E-state index in [1.165, 1.54) is 12.3 Å². The number of hydrogen-bond donors (Lipinski definition) is 3. The number of carbonyl (C=O) groups excluding carboxylic acids is 2. The van der Waals surface area contributed by atoms with E-state index < -0.39 is 5.91 Å². The minimum atomic E-state index is -0.488. The normalized spacial score (nSPS) is 10.3. The summed E-state index contributed by atoms with van der Waals surface area (Å²) in [6.45, 7) is 2.07. The van der Waals surface area contributed by atoms with Crippen LogP contribution in [0.4, 0.5) is 5.69 Å². The highest BCUT2D eigenvalue weighted by Crippen LogP contribution is 2.21. The third-order valence-corrected chi connectivity index (χ3v) is 3.82. The lowest BCUT2D eigenvalue weighted by atomic mass is 10.1. The topological polar surface area (TPSA) is 91.6 Å². The summed E-state index contributed by atoms with van der Waals surface area (Å²) in [7, 11) is 0. The minimum Gasteiger partial charge on any atom is -0.507 e. The number of para-hydroxylation sites is 1. The molecule has 3 N–H and O–H groups in total. The second-order valence-electron chi connectivity index (χ2n) is 5.78. The zero-order valence-corrected chi connectivity index (χ0v) is 14.2. The first kappa shape index (κ1) is 17.3. The standard InChI is InChI=1S/C20H18N2O4/c1-13-8-9-18(23)16(11-13)20(25)22-17-7-3-2-6-15(17)19(24)21-12-14-5-4-10-26-14/h2-11,23H,12H2,1H3,(H,21,24)(H,22,25). The molecular formula is C20H18N2O4. The molecule has 0 saturated heterocycles. The Hall–Kier alpha value is -3.54. The average Bonchev–Trinajstić information content (AvgIpc) is 3.15. The monoisotopic (exact) mass is 350 g/mol. The highest BCUT2D eigenvalue weighted by Gasteiger charge is 2.16. The van der Waals surface area contributed by atoms with E-state index in [9.17, 15) is 14.7 Å². The summed E-state index contributed by atoms with van der Waals surface area (Å²) >= 11 is 0. The lowest BCUT2D eigenvalue weighted by Gasteiger charge is -2.12. The average molecular weight is 350 g/mol. The van der Waals surface area contributed by atoms with Gasteiger partial charge in [-0.05, 0) is 43.3 Å². The molecule has 1 aromatic heterocycles. The van der Waals surface area contributed by atoms with E-state index in [1.807, 2.05) is 6.92 Å². The fourth-order valence-electron chi connectivity index (χ4n) is 2.49. The molecule has 0 aliphatic carbocycles. The number of phenolic OH excluding ortho intramolecular Hbond substituents is 1. The quantitative estimate of drug-likeness (QED) is 0.657. The summed E-state index contributed by atoms with van der Waals surface area (Å²) in [6, 6.07) is 14.9. The van der Waals surface area contributed by atoms with Gasteiger partial charge >= 0.3 is 0 Å². The van der Waals surface area contributed by atoms with Crippen LogP contribution in [0.25, 0.3) is 0 Å². The van der Waals surface area contributed by atoms with Crippen molar-refractivity contribution in [3.05, 3.63) is 83.3 Å². The fraction of sp³-hybridized carbons (Fsp3) is 0.100. The van der Waals surface area contributed by atoms with Crippen LogP contribution in [0.2, 0.25) is 0 Å². The van der Waals surface area contributed by atoms with Crippen molar-refractivity contribution < 1.29 is 19.1 Å². The van der Waals surface area contributed by atoms with E-state index >= 15 is 0 Å². The van der Waals surface area contributed by atoms with Gasteiger partial charge in [-0.1, -0.05) is 23.8 Å². The van der Waals surface area contributed by atoms with Crippen molar-refractivity contribution in [3.63, 3.8) is 0 Å². The number of aryl methyl sites for hydroxylation is 1. The maximum absolute atomic E-state index is 12.5. The number of nitrogens with one attached hydrogen (secondary N) is 2. The molecule has 2 aromatic carbocycles. The van der Waals surface area contributed by atoms with Gasteiger partial charge in [0.15, 0.2) is 0 Å². The Kier molecular flexibility index (Phi) is 5.03. The van der Waals surface area contributed by atoms with Crippen LogP contribution in [0.15, 0.2) is 65.3 Å². The van der Waals surface area contributed by atoms with Crippen LogP contribution in [-0.4, -0.2) is 16.9 Å². The molecule has 6 heteroatoms. The zero-order valence-electron chi connectivity index (χ0n) is 14.2. The summed E-state index contributed by atoms with van der Waals surface area (Å²) in [4.78, 5) is 24.9. The third kappa shape index (κ3) is 3.92. The van der Waals surface area contributed by atoms with Gasteiger partial charge < -0.3 is 20.2 Å². The summed E-state index contributed by atoms with van der Waals surface area (Å²) in [6.07, 6.45) is 1.53. The van der Waals surface area contributed by atoms with E-state index in [1.54, 1.807) is 48.5 Å². The van der Waals surface area contributed by atoms with E-state index in [4.69, 9.17) is 4.42 Å². The van der Waals surface area contributed by atoms with E-state index in [-0.39, 0.29) is 23.8 Å². The van der Waals surface area contributed by atoms with Crippen LogP contribution in [0, 0.1) is 6.92 Å². The first-order valence-electron chi connectivity index (χ1n) is 8.05. The summed E-state index contributed by atoms with van der Waals surface area (Å²) in [5.74, 6) is -0.319. The lowest BCUT2D eigenvalue weighted by molar-refractivity contribution is 0.0949. The molecule has 2 amide bonds. The van der Waals surface area contributed by atoms with Crippen molar-refractivity contribution in [2.45, 2.75) is 13.5 Å². The number of hydrogen-bond acceptors (Lipinski definition) is 4. The number of furan rings is 1. The molecule has 3 rings (SSSR count). The smallest absolute Gasteiger partial charge is 0.259 e. The highest BCUT2D eigenvalue weighted by atomic mass is 16.3. The Balaban J connectivity index is 1.77. The summed E-state index contributed by atoms with van der Waals surface area (Å²) in [5.41, 5.74) is 1.67. The molecule has 26 heavy (non-hydrogen) atoms. The summed E-state index contributed by atoms with van der Waals surface area (Å²) < 4.78 is 5.18. The molecule has 0 spiro atoms. The Morgan fingerprint density at radius 1 is 1.00 bits per heavy atom. The van der Waals surface area contributed by atoms with Gasteiger partial charge in [0.25, 0.3) is 11.8 Å². The molecule has 6 nitrogen and oxygen atoms in total. The number of anilines is 1. The Morgan fingerprint density at radius 2 is 1.81 bits per heavy atom. The van der Waals surface area contributed by atoms with Crippen LogP contribution < -0.4 is 10.6 Å². The van der Waals surface area contributed by atoms with Gasteiger partial charge in [0.2, 0.25) is 0 Å². The Labute approximate surface area is 150 Å². The van der Waals surface area contributed by atoms with Crippen molar-refractivity contribution in [1.29, 1.82) is 0 Å². The largest absolute Gasteiger partial charge is 0.507 e. The molecule has 0 bridgehead atoms. The number of amides is 2.